The molecule has 1 aromatic carbocycles. The van der Waals surface area contributed by atoms with Crippen LogP contribution in [-0.4, -0.2) is 9.97 Å². The van der Waals surface area contributed by atoms with Crippen molar-refractivity contribution in [2.24, 2.45) is 0 Å². The molecule has 3 aromatic rings. The van der Waals surface area contributed by atoms with E-state index < -0.39 is 0 Å². The lowest BCUT2D eigenvalue weighted by Crippen LogP contribution is -2.09. The summed E-state index contributed by atoms with van der Waals surface area (Å²) in [5, 5.41) is 4.64. The first kappa shape index (κ1) is 13.5. The molecular formula is C15H17N3S2. The molecule has 0 unspecified atom stereocenters. The number of anilines is 1. The maximum atomic E-state index is 4.51. The van der Waals surface area contributed by atoms with Crippen molar-refractivity contribution in [3.63, 3.8) is 0 Å². The van der Waals surface area contributed by atoms with Gasteiger partial charge in [-0.05, 0) is 18.2 Å². The van der Waals surface area contributed by atoms with Crippen molar-refractivity contribution in [3.05, 3.63) is 39.8 Å². The van der Waals surface area contributed by atoms with Crippen molar-refractivity contribution in [2.75, 3.05) is 5.32 Å². The van der Waals surface area contributed by atoms with Crippen LogP contribution < -0.4 is 5.32 Å². The van der Waals surface area contributed by atoms with Crippen LogP contribution in [0.3, 0.4) is 0 Å². The molecule has 0 aliphatic rings. The molecule has 20 heavy (non-hydrogen) atoms. The molecule has 0 aliphatic heterocycles. The normalized spacial score (nSPS) is 11.9. The third-order valence-corrected chi connectivity index (χ3v) is 5.21. The van der Waals surface area contributed by atoms with Crippen LogP contribution >= 0.6 is 22.7 Å². The topological polar surface area (TPSA) is 37.8 Å². The number of hydrogen-bond acceptors (Lipinski definition) is 5. The number of benzene rings is 1. The Labute approximate surface area is 126 Å². The maximum Gasteiger partial charge on any atom is 0.0981 e. The fourth-order valence-corrected chi connectivity index (χ4v) is 3.52. The molecule has 0 aliphatic carbocycles. The molecule has 3 rings (SSSR count). The summed E-state index contributed by atoms with van der Waals surface area (Å²) in [5.74, 6) is 0. The first-order chi connectivity index (χ1) is 9.52. The van der Waals surface area contributed by atoms with Crippen molar-refractivity contribution in [1.29, 1.82) is 0 Å². The number of rotatable bonds is 3. The molecule has 0 atom stereocenters. The Balaban J connectivity index is 1.71. The van der Waals surface area contributed by atoms with E-state index in [1.165, 1.54) is 14.6 Å². The van der Waals surface area contributed by atoms with Crippen LogP contribution in [0.2, 0.25) is 0 Å². The minimum absolute atomic E-state index is 0.129. The Morgan fingerprint density at radius 3 is 2.80 bits per heavy atom. The van der Waals surface area contributed by atoms with Crippen molar-refractivity contribution in [2.45, 2.75) is 32.7 Å². The van der Waals surface area contributed by atoms with Gasteiger partial charge in [-0.15, -0.1) is 22.7 Å². The lowest BCUT2D eigenvalue weighted by atomic mass is 9.98. The smallest absolute Gasteiger partial charge is 0.0981 e. The summed E-state index contributed by atoms with van der Waals surface area (Å²) in [4.78, 5) is 10.1. The van der Waals surface area contributed by atoms with Gasteiger partial charge in [0.2, 0.25) is 0 Å². The van der Waals surface area contributed by atoms with Crippen molar-refractivity contribution in [3.8, 4) is 0 Å². The molecule has 5 heteroatoms. The Bertz CT molecular complexity index is 722. The van der Waals surface area contributed by atoms with Crippen LogP contribution in [0.5, 0.6) is 0 Å². The van der Waals surface area contributed by atoms with Crippen molar-refractivity contribution < 1.29 is 0 Å². The quantitative estimate of drug-likeness (QED) is 0.764. The van der Waals surface area contributed by atoms with E-state index in [9.17, 15) is 0 Å². The molecule has 0 fully saturated rings. The van der Waals surface area contributed by atoms with Gasteiger partial charge in [0.1, 0.15) is 0 Å². The predicted octanol–water partition coefficient (Wildman–Crippen LogP) is 4.66. The van der Waals surface area contributed by atoms with Crippen LogP contribution in [0.25, 0.3) is 10.2 Å². The monoisotopic (exact) mass is 303 g/mol. The molecule has 3 nitrogen and oxygen atoms in total. The molecular weight excluding hydrogens is 286 g/mol. The van der Waals surface area contributed by atoms with E-state index >= 15 is 0 Å². The summed E-state index contributed by atoms with van der Waals surface area (Å²) < 4.78 is 1.22. The second kappa shape index (κ2) is 5.14. The van der Waals surface area contributed by atoms with Crippen LogP contribution in [0.1, 0.15) is 30.7 Å². The zero-order valence-corrected chi connectivity index (χ0v) is 13.4. The minimum atomic E-state index is 0.129. The number of aromatic nitrogens is 2. The third-order valence-electron chi connectivity index (χ3n) is 2.99. The highest BCUT2D eigenvalue weighted by Gasteiger charge is 2.17. The van der Waals surface area contributed by atoms with Gasteiger partial charge in [-0.2, -0.15) is 0 Å². The highest BCUT2D eigenvalue weighted by Crippen LogP contribution is 2.27. The summed E-state index contributed by atoms with van der Waals surface area (Å²) >= 11 is 3.45. The van der Waals surface area contributed by atoms with E-state index in [2.05, 4.69) is 54.3 Å². The standard InChI is InChI=1S/C15H17N3S2/c1-15(2,3)14-17-8-11(20-14)7-16-10-4-5-12-13(6-10)19-9-18-12/h4-6,8-9,16H,7H2,1-3H3. The molecule has 2 heterocycles. The first-order valence-corrected chi connectivity index (χ1v) is 8.24. The molecule has 0 radical (unpaired) electrons. The summed E-state index contributed by atoms with van der Waals surface area (Å²) in [6.07, 6.45) is 1.98. The molecule has 0 spiro atoms. The number of nitrogens with one attached hydrogen (secondary N) is 1. The SMILES string of the molecule is CC(C)(C)c1ncc(CNc2ccc3ncsc3c2)s1. The zero-order valence-electron chi connectivity index (χ0n) is 11.8. The van der Waals surface area contributed by atoms with E-state index in [0.29, 0.717) is 0 Å². The summed E-state index contributed by atoms with van der Waals surface area (Å²) in [6, 6.07) is 6.29. The van der Waals surface area contributed by atoms with E-state index in [1.54, 1.807) is 22.7 Å². The van der Waals surface area contributed by atoms with E-state index in [1.807, 2.05) is 11.7 Å². The van der Waals surface area contributed by atoms with Gasteiger partial charge >= 0.3 is 0 Å². The van der Waals surface area contributed by atoms with Crippen LogP contribution in [0, 0.1) is 0 Å². The second-order valence-corrected chi connectivity index (χ2v) is 7.77. The van der Waals surface area contributed by atoms with Crippen LogP contribution in [-0.2, 0) is 12.0 Å². The molecule has 2 aromatic heterocycles. The number of hydrogen-bond donors (Lipinski definition) is 1. The highest BCUT2D eigenvalue weighted by molar-refractivity contribution is 7.16. The predicted molar refractivity (Wildman–Crippen MR) is 87.8 cm³/mol. The van der Waals surface area contributed by atoms with E-state index in [-0.39, 0.29) is 5.41 Å². The number of nitrogens with zero attached hydrogens (tertiary/aromatic N) is 2. The average Bonchev–Trinajstić information content (AvgIpc) is 3.04. The van der Waals surface area contributed by atoms with Gasteiger partial charge in [0.05, 0.1) is 27.3 Å². The molecule has 104 valence electrons. The van der Waals surface area contributed by atoms with E-state index in [0.717, 1.165) is 17.7 Å². The average molecular weight is 303 g/mol. The summed E-state index contributed by atoms with van der Waals surface area (Å²) in [7, 11) is 0. The molecule has 1 N–H and O–H groups in total. The van der Waals surface area contributed by atoms with Crippen molar-refractivity contribution >= 4 is 38.6 Å². The fourth-order valence-electron chi connectivity index (χ4n) is 1.89. The lowest BCUT2D eigenvalue weighted by molar-refractivity contribution is 0.585. The lowest BCUT2D eigenvalue weighted by Gasteiger charge is -2.13. The Kier molecular flexibility index (Phi) is 3.48. The number of fused-ring (bicyclic) bond motifs is 1. The molecule has 0 bridgehead atoms. The van der Waals surface area contributed by atoms with Crippen molar-refractivity contribution in [1.82, 2.24) is 9.97 Å². The van der Waals surface area contributed by atoms with Crippen LogP contribution in [0.4, 0.5) is 5.69 Å². The first-order valence-electron chi connectivity index (χ1n) is 6.55. The molecule has 0 saturated carbocycles. The Morgan fingerprint density at radius 1 is 1.20 bits per heavy atom. The Morgan fingerprint density at radius 2 is 2.05 bits per heavy atom. The van der Waals surface area contributed by atoms with Crippen LogP contribution in [0.15, 0.2) is 29.9 Å². The largest absolute Gasteiger partial charge is 0.380 e. The maximum absolute atomic E-state index is 4.51. The zero-order chi connectivity index (χ0) is 14.2. The summed E-state index contributed by atoms with van der Waals surface area (Å²) in [5.41, 5.74) is 4.21. The number of thiazole rings is 2. The highest BCUT2D eigenvalue weighted by atomic mass is 32.1. The van der Waals surface area contributed by atoms with Gasteiger partial charge in [-0.3, -0.25) is 0 Å². The molecule has 0 amide bonds. The second-order valence-electron chi connectivity index (χ2n) is 5.77. The van der Waals surface area contributed by atoms with E-state index in [4.69, 9.17) is 0 Å². The fraction of sp³-hybridized carbons (Fsp3) is 0.333. The van der Waals surface area contributed by atoms with Gasteiger partial charge in [0.25, 0.3) is 0 Å². The minimum Gasteiger partial charge on any atom is -0.380 e. The third kappa shape index (κ3) is 2.83. The van der Waals surface area contributed by atoms with Gasteiger partial charge < -0.3 is 5.32 Å². The summed E-state index contributed by atoms with van der Waals surface area (Å²) in [6.45, 7) is 7.40. The van der Waals surface area contributed by atoms with Gasteiger partial charge in [0, 0.05) is 22.2 Å². The van der Waals surface area contributed by atoms with Gasteiger partial charge in [-0.25, -0.2) is 9.97 Å². The Hall–Kier alpha value is -1.46. The molecule has 0 saturated heterocycles. The van der Waals surface area contributed by atoms with Gasteiger partial charge in [0.15, 0.2) is 0 Å². The van der Waals surface area contributed by atoms with Gasteiger partial charge in [-0.1, -0.05) is 20.8 Å².